The number of carbonyl (C=O) groups excluding carboxylic acids is 2. The summed E-state index contributed by atoms with van der Waals surface area (Å²) in [5, 5.41) is 0. The van der Waals surface area contributed by atoms with Crippen LogP contribution in [0.15, 0.2) is 30.3 Å². The molecule has 2 amide bonds. The minimum absolute atomic E-state index is 0.0173. The number of morpholine rings is 1. The van der Waals surface area contributed by atoms with Crippen molar-refractivity contribution in [3.8, 4) is 0 Å². The summed E-state index contributed by atoms with van der Waals surface area (Å²) >= 11 is 0. The van der Waals surface area contributed by atoms with E-state index < -0.39 is 0 Å². The molecule has 2 saturated heterocycles. The number of hydrogen-bond donors (Lipinski definition) is 0. The van der Waals surface area contributed by atoms with Crippen molar-refractivity contribution in [2.45, 2.75) is 63.9 Å². The molecule has 1 spiro atoms. The van der Waals surface area contributed by atoms with Gasteiger partial charge < -0.3 is 14.5 Å². The maximum absolute atomic E-state index is 13.3. The molecule has 1 unspecified atom stereocenters. The summed E-state index contributed by atoms with van der Waals surface area (Å²) in [6.07, 6.45) is 8.23. The van der Waals surface area contributed by atoms with Crippen molar-refractivity contribution < 1.29 is 14.3 Å². The van der Waals surface area contributed by atoms with Crippen molar-refractivity contribution in [1.29, 1.82) is 0 Å². The lowest BCUT2D eigenvalue weighted by Crippen LogP contribution is -2.55. The average Bonchev–Trinajstić information content (AvgIpc) is 2.93. The number of benzene rings is 1. The van der Waals surface area contributed by atoms with E-state index >= 15 is 0 Å². The summed E-state index contributed by atoms with van der Waals surface area (Å²) in [5.74, 6) is 0.347. The Bertz CT molecular complexity index is 714. The van der Waals surface area contributed by atoms with E-state index in [2.05, 4.69) is 11.8 Å². The van der Waals surface area contributed by atoms with Gasteiger partial charge in [-0.1, -0.05) is 44.4 Å². The van der Waals surface area contributed by atoms with Gasteiger partial charge in [0.1, 0.15) is 6.61 Å². The Morgan fingerprint density at radius 2 is 1.71 bits per heavy atom. The van der Waals surface area contributed by atoms with E-state index in [9.17, 15) is 9.59 Å². The van der Waals surface area contributed by atoms with Gasteiger partial charge in [0.2, 0.25) is 5.91 Å². The monoisotopic (exact) mass is 384 g/mol. The fourth-order valence-electron chi connectivity index (χ4n) is 5.16. The van der Waals surface area contributed by atoms with Gasteiger partial charge in [-0.05, 0) is 44.2 Å². The van der Waals surface area contributed by atoms with Gasteiger partial charge in [0, 0.05) is 24.2 Å². The second kappa shape index (κ2) is 7.86. The minimum atomic E-state index is -0.341. The summed E-state index contributed by atoms with van der Waals surface area (Å²) < 4.78 is 6.12. The third kappa shape index (κ3) is 3.82. The van der Waals surface area contributed by atoms with Crippen LogP contribution in [-0.2, 0) is 14.3 Å². The number of amides is 2. The highest BCUT2D eigenvalue weighted by molar-refractivity contribution is 5.95. The van der Waals surface area contributed by atoms with E-state index in [1.165, 1.54) is 6.42 Å². The molecule has 0 aromatic heterocycles. The first-order valence-corrected chi connectivity index (χ1v) is 10.8. The molecule has 1 aromatic rings. The molecule has 28 heavy (non-hydrogen) atoms. The molecule has 3 aliphatic rings. The number of ether oxygens (including phenoxy) is 1. The molecule has 152 valence electrons. The fraction of sp³-hybridized carbons (Fsp3) is 0.652. The first-order chi connectivity index (χ1) is 13.5. The Morgan fingerprint density at radius 3 is 2.46 bits per heavy atom. The van der Waals surface area contributed by atoms with Crippen molar-refractivity contribution in [3.63, 3.8) is 0 Å². The van der Waals surface area contributed by atoms with E-state index in [1.807, 2.05) is 35.2 Å². The molecule has 4 rings (SSSR count). The number of nitrogens with zero attached hydrogens (tertiary/aromatic N) is 2. The molecule has 1 aliphatic carbocycles. The van der Waals surface area contributed by atoms with Crippen LogP contribution in [0.4, 0.5) is 5.69 Å². The second-order valence-corrected chi connectivity index (χ2v) is 9.05. The first kappa shape index (κ1) is 19.4. The van der Waals surface area contributed by atoms with Gasteiger partial charge in [-0.2, -0.15) is 0 Å². The molecular weight excluding hydrogens is 352 g/mol. The summed E-state index contributed by atoms with van der Waals surface area (Å²) in [7, 11) is 0. The maximum Gasteiger partial charge on any atom is 0.253 e. The van der Waals surface area contributed by atoms with Crippen molar-refractivity contribution in [1.82, 2.24) is 4.90 Å². The molecule has 3 fully saturated rings. The summed E-state index contributed by atoms with van der Waals surface area (Å²) in [4.78, 5) is 29.7. The summed E-state index contributed by atoms with van der Waals surface area (Å²) in [6, 6.07) is 9.85. The predicted molar refractivity (Wildman–Crippen MR) is 109 cm³/mol. The van der Waals surface area contributed by atoms with E-state index in [0.717, 1.165) is 63.7 Å². The number of para-hydroxylation sites is 1. The van der Waals surface area contributed by atoms with Gasteiger partial charge in [0.05, 0.1) is 12.1 Å². The third-order valence-electron chi connectivity index (χ3n) is 6.98. The molecule has 0 radical (unpaired) electrons. The molecule has 1 aromatic carbocycles. The maximum atomic E-state index is 13.3. The topological polar surface area (TPSA) is 49.9 Å². The largest absolute Gasteiger partial charge is 0.363 e. The SMILES string of the molecule is CC1(C(=O)N2CCCC3(CC2)CN(c2ccccc2)C(=O)CO3)CCCCC1. The molecule has 0 N–H and O–H groups in total. The Hall–Kier alpha value is -1.88. The van der Waals surface area contributed by atoms with Crippen LogP contribution < -0.4 is 4.90 Å². The number of rotatable bonds is 2. The average molecular weight is 385 g/mol. The fourth-order valence-corrected chi connectivity index (χ4v) is 5.16. The van der Waals surface area contributed by atoms with Crippen molar-refractivity contribution in [2.24, 2.45) is 5.41 Å². The highest BCUT2D eigenvalue weighted by atomic mass is 16.5. The Morgan fingerprint density at radius 1 is 0.964 bits per heavy atom. The highest BCUT2D eigenvalue weighted by Crippen LogP contribution is 2.39. The molecule has 2 aliphatic heterocycles. The van der Waals surface area contributed by atoms with Crippen LogP contribution in [0.25, 0.3) is 0 Å². The number of carbonyl (C=O) groups is 2. The zero-order valence-electron chi connectivity index (χ0n) is 17.0. The van der Waals surface area contributed by atoms with E-state index in [4.69, 9.17) is 4.74 Å². The van der Waals surface area contributed by atoms with Crippen molar-refractivity contribution in [3.05, 3.63) is 30.3 Å². The normalized spacial score (nSPS) is 28.2. The third-order valence-corrected chi connectivity index (χ3v) is 6.98. The first-order valence-electron chi connectivity index (χ1n) is 10.8. The minimum Gasteiger partial charge on any atom is -0.363 e. The van der Waals surface area contributed by atoms with Gasteiger partial charge in [0.25, 0.3) is 5.91 Å². The Kier molecular flexibility index (Phi) is 5.46. The molecular formula is C23H32N2O3. The Labute approximate surface area is 168 Å². The van der Waals surface area contributed by atoms with Gasteiger partial charge in [-0.15, -0.1) is 0 Å². The van der Waals surface area contributed by atoms with Crippen LogP contribution >= 0.6 is 0 Å². The van der Waals surface area contributed by atoms with Gasteiger partial charge in [-0.25, -0.2) is 0 Å². The highest BCUT2D eigenvalue weighted by Gasteiger charge is 2.44. The molecule has 2 heterocycles. The lowest BCUT2D eigenvalue weighted by atomic mass is 9.74. The van der Waals surface area contributed by atoms with Crippen molar-refractivity contribution >= 4 is 17.5 Å². The van der Waals surface area contributed by atoms with Gasteiger partial charge in [0.15, 0.2) is 0 Å². The number of hydrogen-bond acceptors (Lipinski definition) is 3. The van der Waals surface area contributed by atoms with Gasteiger partial charge >= 0.3 is 0 Å². The summed E-state index contributed by atoms with van der Waals surface area (Å²) in [5.41, 5.74) is 0.406. The van der Waals surface area contributed by atoms with Crippen LogP contribution in [0, 0.1) is 5.41 Å². The zero-order chi connectivity index (χ0) is 19.6. The van der Waals surface area contributed by atoms with Crippen LogP contribution in [0.2, 0.25) is 0 Å². The molecule has 5 heteroatoms. The lowest BCUT2D eigenvalue weighted by Gasteiger charge is -2.42. The number of anilines is 1. The van der Waals surface area contributed by atoms with Gasteiger partial charge in [-0.3, -0.25) is 9.59 Å². The van der Waals surface area contributed by atoms with Crippen molar-refractivity contribution in [2.75, 3.05) is 31.1 Å². The summed E-state index contributed by atoms with van der Waals surface area (Å²) in [6.45, 7) is 4.39. The molecule has 5 nitrogen and oxygen atoms in total. The Balaban J connectivity index is 1.45. The smallest absolute Gasteiger partial charge is 0.253 e. The van der Waals surface area contributed by atoms with Crippen LogP contribution in [0.3, 0.4) is 0 Å². The molecule has 1 saturated carbocycles. The standard InChI is InChI=1S/C23H32N2O3/c1-22(11-6-3-7-12-22)21(27)24-15-8-13-23(14-16-24)18-25(20(26)17-28-23)19-9-4-2-5-10-19/h2,4-5,9-10H,3,6-8,11-18H2,1H3. The van der Waals surface area contributed by atoms with E-state index in [0.29, 0.717) is 12.5 Å². The van der Waals surface area contributed by atoms with E-state index in [1.54, 1.807) is 0 Å². The van der Waals surface area contributed by atoms with E-state index in [-0.39, 0.29) is 23.5 Å². The lowest BCUT2D eigenvalue weighted by molar-refractivity contribution is -0.145. The zero-order valence-corrected chi connectivity index (χ0v) is 17.0. The second-order valence-electron chi connectivity index (χ2n) is 9.05. The van der Waals surface area contributed by atoms with Crippen LogP contribution in [0.1, 0.15) is 58.3 Å². The van der Waals surface area contributed by atoms with Crippen LogP contribution in [-0.4, -0.2) is 48.6 Å². The number of likely N-dealkylation sites (tertiary alicyclic amines) is 1. The quantitative estimate of drug-likeness (QED) is 0.780. The molecule has 0 bridgehead atoms. The van der Waals surface area contributed by atoms with Crippen LogP contribution in [0.5, 0.6) is 0 Å². The molecule has 1 atom stereocenters. The predicted octanol–water partition coefficient (Wildman–Crippen LogP) is 3.77.